The number of carbonyl (C=O) groups is 6. The molecule has 0 aromatic rings. The Hall–Kier alpha value is -1.46. The largest absolute Gasteiger partial charge is 0.463 e. The van der Waals surface area contributed by atoms with Crippen molar-refractivity contribution in [2.75, 3.05) is 195 Å². The SMILES string of the molecule is CC(=O)OCC1O[C@@H](S)C(OC(C)=O)[C@@H](C)[C@@H]1C.CC/C=C\COC(=O)C(C)(C)C.CC/C=C\COS(C)(=O)=O.OC/C=C\CO.OC/C=C\CO.SCCN1CCOCC1.[3H]C(S)C/C=C\CSS[C@@H]1OC(COC(C)=O)[C@@H](C)[C@H](C)C1OC(C)=O.[3H]SCC/C=C\CC([3H])S.[3H]SCC/C=C\CC([3H])S.[3H]SCC/C=C\COC(=O)C(C)(C)C.[3H]SCC/C=C\CSSCCN1CCOCC1. The molecule has 39 heteroatoms. The number of thiol groups is 9. The fraction of sp³-hybridized carbons (Fsp3) is 0.739. The predicted molar refractivity (Wildman–Crippen MR) is 583 cm³/mol. The average molecular weight is 2140 g/mol. The summed E-state index contributed by atoms with van der Waals surface area (Å²) in [6.07, 6.45) is 40.7. The van der Waals surface area contributed by atoms with Gasteiger partial charge < -0.3 is 67.8 Å². The first-order valence-corrected chi connectivity index (χ1v) is 55.4. The minimum absolute atomic E-state index is 0.0144. The smallest absolute Gasteiger partial charge is 0.311 e. The van der Waals surface area contributed by atoms with Crippen LogP contribution in [0.5, 0.6) is 0 Å². The first-order chi connectivity index (χ1) is 65.3. The molecule has 770 valence electrons. The number of nitrogens with zero attached hydrogens (tertiary/aromatic N) is 2. The third-order valence-electron chi connectivity index (χ3n) is 16.7. The van der Waals surface area contributed by atoms with E-state index in [0.717, 1.165) is 194 Å². The summed E-state index contributed by atoms with van der Waals surface area (Å²) >= 11 is 24.7. The molecule has 0 aromatic heterocycles. The summed E-state index contributed by atoms with van der Waals surface area (Å²) in [7, 11) is 3.71. The number of aliphatic hydroxyl groups excluding tert-OH is 4. The van der Waals surface area contributed by atoms with Crippen LogP contribution < -0.4 is 0 Å². The summed E-state index contributed by atoms with van der Waals surface area (Å²) in [6, 6.07) is 0. The highest BCUT2D eigenvalue weighted by Crippen LogP contribution is 2.42. The molecule has 0 aliphatic carbocycles. The molecular formula is C92H170N2O23S14. The zero-order chi connectivity index (χ0) is 106. The van der Waals surface area contributed by atoms with E-state index in [1.54, 1.807) is 16.9 Å². The van der Waals surface area contributed by atoms with E-state index >= 15 is 0 Å². The fourth-order valence-electron chi connectivity index (χ4n) is 9.39. The van der Waals surface area contributed by atoms with Gasteiger partial charge in [0.25, 0.3) is 10.1 Å². The summed E-state index contributed by atoms with van der Waals surface area (Å²) in [6.45, 7) is 40.1. The quantitative estimate of drug-likeness (QED) is 0.00512. The van der Waals surface area contributed by atoms with Crippen LogP contribution in [-0.4, -0.2) is 309 Å². The second-order valence-electron chi connectivity index (χ2n) is 30.1. The van der Waals surface area contributed by atoms with Crippen LogP contribution in [0.1, 0.15) is 173 Å². The van der Waals surface area contributed by atoms with Gasteiger partial charge in [0.05, 0.1) is 88.8 Å². The second-order valence-corrected chi connectivity index (χ2v) is 40.6. The zero-order valence-electron chi connectivity index (χ0n) is 87.7. The standard InChI is InChI=1S/C17H28O5S3.C12H20O5S.C11H21NOS3.C10H18O2S.C10H18O2.C6H13NOS.C6H12O3S.2C6H12S2.2C4H8O2/c1-11-12(2)16(21-14(4)19)17(22-15(11)10-20-13(3)18)25-24-9-7-5-6-8-23;1-6-7(2)11(16-9(4)14)12(18)17-10(6)5-15-8(3)13;14-9-2-1-3-10-15-16-11-6-12-4-7-13-8-5-12;1-10(2,3)9(11)12-7-5-4-6-8-13;1-5-6-7-8-12-9(11)10(2,3)4;9-6-3-7-1-4-8-5-2-7;1-3-4-5-6-9-10(2,7)8;2*7-5-3-1-2-4-6-8;2*5-3-1-2-4-6/h5,7,11-12,15-17,23H,6,8-10H2,1-4H3;6-7,10-12,18H,5H2,1-4H3;1,3,14H,2,4-11H2;4-5,13H,6-8H2,1-3H3;6-7H,5,8H2,1-4H3;9H,1-6H2;4-5H,3,6H2,1-2H3;2*1-2,7-8H,3-6H2;2*1-2,5-6H,3-4H2/b7-5-;;3-1-;5-4-;7-6-;;5-4-;4*2-1-/t11-,12-,15?,16?,17-;6-,7-,10?,11?,12-;;;;;;;;;/m00........./s1/i8T;;;;;;;2*5T;;/hT4/t8?,11-,12-,15?,16?,17-;m;;;;;;;;;. The van der Waals surface area contributed by atoms with Crippen LogP contribution in [0.2, 0.25) is 0 Å². The maximum absolute atomic E-state index is 11.5. The van der Waals surface area contributed by atoms with Gasteiger partial charge in [0.15, 0.2) is 5.44 Å². The maximum Gasteiger partial charge on any atom is 0.311 e. The lowest BCUT2D eigenvalue weighted by atomic mass is 9.84. The van der Waals surface area contributed by atoms with Crippen molar-refractivity contribution in [2.45, 2.75) is 204 Å². The van der Waals surface area contributed by atoms with Gasteiger partial charge >= 0.3 is 35.8 Å². The van der Waals surface area contributed by atoms with Gasteiger partial charge in [-0.1, -0.05) is 194 Å². The number of morpholine rings is 2. The number of aliphatic hydroxyl groups is 4. The van der Waals surface area contributed by atoms with Gasteiger partial charge in [0, 0.05) is 106 Å². The van der Waals surface area contributed by atoms with Crippen molar-refractivity contribution in [3.63, 3.8) is 0 Å². The summed E-state index contributed by atoms with van der Waals surface area (Å²) in [5.41, 5.74) is -2.63. The van der Waals surface area contributed by atoms with Crippen LogP contribution in [0.15, 0.2) is 109 Å². The number of esters is 6. The maximum atomic E-state index is 11.5. The van der Waals surface area contributed by atoms with E-state index in [1.165, 1.54) is 75.1 Å². The molecule has 0 aromatic carbocycles. The van der Waals surface area contributed by atoms with Crippen molar-refractivity contribution in [1.82, 2.24) is 9.80 Å². The molecule has 4 N–H and O–H groups in total. The molecule has 4 heterocycles. The van der Waals surface area contributed by atoms with Gasteiger partial charge in [-0.25, -0.2) is 0 Å². The lowest BCUT2D eigenvalue weighted by molar-refractivity contribution is -0.185. The first-order valence-electron chi connectivity index (χ1n) is 47.1. The van der Waals surface area contributed by atoms with Gasteiger partial charge in [0.2, 0.25) is 0 Å². The van der Waals surface area contributed by atoms with E-state index in [0.29, 0.717) is 32.5 Å². The molecule has 13 atom stereocenters. The summed E-state index contributed by atoms with van der Waals surface area (Å²) < 4.78 is 127. The Labute approximate surface area is 865 Å². The van der Waals surface area contributed by atoms with Crippen LogP contribution in [0.3, 0.4) is 0 Å². The first kappa shape index (κ1) is 128. The zero-order valence-corrected chi connectivity index (χ0v) is 92.5. The summed E-state index contributed by atoms with van der Waals surface area (Å²) in [4.78, 5) is 71.7. The molecule has 7 unspecified atom stereocenters. The Bertz CT molecular complexity index is 3230. The van der Waals surface area contributed by atoms with Crippen molar-refractivity contribution in [1.29, 1.82) is 4.50 Å². The van der Waals surface area contributed by atoms with E-state index in [-0.39, 0.29) is 152 Å². The highest BCUT2D eigenvalue weighted by Gasteiger charge is 2.45. The van der Waals surface area contributed by atoms with Crippen LogP contribution in [-0.2, 0) is 90.4 Å². The van der Waals surface area contributed by atoms with Gasteiger partial charge in [-0.2, -0.15) is 109 Å². The molecule has 131 heavy (non-hydrogen) atoms. The number of hydrogen-bond acceptors (Lipinski definition) is 38. The van der Waals surface area contributed by atoms with Crippen LogP contribution in [0.25, 0.3) is 0 Å². The van der Waals surface area contributed by atoms with Crippen molar-refractivity contribution < 1.29 is 113 Å². The Kier molecular flexibility index (Phi) is 100. The lowest BCUT2D eigenvalue weighted by Crippen LogP contribution is -2.51. The molecule has 25 nitrogen and oxygen atoms in total. The molecule has 0 bridgehead atoms. The van der Waals surface area contributed by atoms with Crippen molar-refractivity contribution >= 4 is 202 Å². The van der Waals surface area contributed by atoms with Crippen LogP contribution in [0, 0.1) is 34.5 Å². The number of rotatable bonds is 49. The highest BCUT2D eigenvalue weighted by molar-refractivity contribution is 8.77. The van der Waals surface area contributed by atoms with Crippen molar-refractivity contribution in [3.8, 4) is 0 Å². The second kappa shape index (κ2) is 103. The number of carbonyl (C=O) groups excluding carboxylic acids is 6. The lowest BCUT2D eigenvalue weighted by Gasteiger charge is -2.43. The fourth-order valence-corrected chi connectivity index (χ4v) is 15.6. The number of allylic oxidation sites excluding steroid dienone is 9. The molecule has 0 radical (unpaired) electrons. The van der Waals surface area contributed by atoms with E-state index in [2.05, 4.69) is 89.3 Å². The minimum Gasteiger partial charge on any atom is -0.463 e. The van der Waals surface area contributed by atoms with E-state index in [9.17, 15) is 37.2 Å². The number of ether oxygens (including phenoxy) is 10. The normalized spacial score (nSPS) is 21.3. The molecule has 4 fully saturated rings. The van der Waals surface area contributed by atoms with E-state index in [1.807, 2.05) is 172 Å². The van der Waals surface area contributed by atoms with E-state index < -0.39 is 26.7 Å². The Morgan fingerprint density at radius 2 is 0.802 bits per heavy atom. The molecule has 0 spiro atoms. The van der Waals surface area contributed by atoms with Gasteiger partial charge in [-0.3, -0.25) is 42.8 Å². The Morgan fingerprint density at radius 1 is 0.450 bits per heavy atom. The Morgan fingerprint density at radius 3 is 1.17 bits per heavy atom. The third kappa shape index (κ3) is 103. The predicted octanol–water partition coefficient (Wildman–Crippen LogP) is 17.3. The molecular weight excluding hydrogens is 1950 g/mol. The Balaban J connectivity index is -0.000000281. The van der Waals surface area contributed by atoms with Crippen LogP contribution >= 0.6 is 156 Å². The average Bonchev–Trinajstić information content (AvgIpc) is 0.815. The molecule has 4 rings (SSSR count). The number of hydrogen-bond donors (Lipinski definition) is 13. The topological polar surface area (TPSA) is 325 Å². The molecule has 4 aliphatic heterocycles. The molecule has 4 saturated heterocycles. The molecule has 0 saturated carbocycles. The van der Waals surface area contributed by atoms with Crippen LogP contribution in [0.4, 0.5) is 0 Å². The molecule has 0 amide bonds. The van der Waals surface area contributed by atoms with Gasteiger partial charge in [-0.05, 0) is 151 Å². The van der Waals surface area contributed by atoms with Crippen molar-refractivity contribution in [3.05, 3.63) is 109 Å². The monoisotopic (exact) mass is 2130 g/mol. The van der Waals surface area contributed by atoms with Crippen molar-refractivity contribution in [2.24, 2.45) is 34.5 Å². The summed E-state index contributed by atoms with van der Waals surface area (Å²) in [5.74, 6) is 6.03. The van der Waals surface area contributed by atoms with E-state index in [4.69, 9.17) is 76.4 Å². The third-order valence-corrected chi connectivity index (χ3v) is 24.1. The highest BCUT2D eigenvalue weighted by atomic mass is 33.1. The van der Waals surface area contributed by atoms with Gasteiger partial charge in [-0.15, -0.1) is 12.6 Å². The summed E-state index contributed by atoms with van der Waals surface area (Å²) in [5, 5.41) is 32.0. The molecule has 4 aliphatic rings. The van der Waals surface area contributed by atoms with Gasteiger partial charge in [0.1, 0.15) is 48.6 Å². The minimum atomic E-state index is -3.26.